The minimum atomic E-state index is -1.49. The Labute approximate surface area is 95.1 Å². The van der Waals surface area contributed by atoms with E-state index in [1.807, 2.05) is 0 Å². The van der Waals surface area contributed by atoms with Crippen LogP contribution in [-0.2, 0) is 11.0 Å². The summed E-state index contributed by atoms with van der Waals surface area (Å²) in [7, 11) is -1.49. The maximum absolute atomic E-state index is 11.2. The lowest BCUT2D eigenvalue weighted by Gasteiger charge is -2.15. The zero-order valence-electron chi connectivity index (χ0n) is 13.3. The minimum absolute atomic E-state index is 0.200. The first-order valence-corrected chi connectivity index (χ1v) is 5.67. The molecule has 1 rings (SSSR count). The number of hydrogen-bond donors (Lipinski definition) is 1. The molecule has 0 saturated carbocycles. The molecule has 0 amide bonds. The van der Waals surface area contributed by atoms with E-state index in [0.717, 1.165) is 0 Å². The molecule has 78 valence electrons. The fourth-order valence-electron chi connectivity index (χ4n) is 1.22. The summed E-state index contributed by atoms with van der Waals surface area (Å²) in [5.41, 5.74) is 0.253. The molecule has 0 aliphatic rings. The Morgan fingerprint density at radius 1 is 1.43 bits per heavy atom. The Bertz CT molecular complexity index is 493. The van der Waals surface area contributed by atoms with Crippen molar-refractivity contribution in [3.63, 3.8) is 0 Å². The van der Waals surface area contributed by atoms with Crippen molar-refractivity contribution in [2.75, 3.05) is 0 Å². The molecule has 0 spiro atoms. The largest absolute Gasteiger partial charge is 0.252 e. The van der Waals surface area contributed by atoms with E-state index in [4.69, 9.17) is 12.0 Å². The molecular weight excluding hydrogens is 194 g/mol. The third kappa shape index (κ3) is 3.24. The Balaban J connectivity index is 3.24. The Morgan fingerprint density at radius 2 is 2.00 bits per heavy atom. The van der Waals surface area contributed by atoms with E-state index in [0.29, 0.717) is 6.42 Å². The van der Waals surface area contributed by atoms with Crippen LogP contribution in [-0.4, -0.2) is 9.46 Å². The van der Waals surface area contributed by atoms with Crippen molar-refractivity contribution >= 4 is 11.0 Å². The van der Waals surface area contributed by atoms with Gasteiger partial charge in [0.05, 0.1) is 17.8 Å². The summed E-state index contributed by atoms with van der Waals surface area (Å²) in [5, 5.41) is 5.00. The van der Waals surface area contributed by atoms with Gasteiger partial charge in [0.15, 0.2) is 0 Å². The molecule has 2 nitrogen and oxygen atoms in total. The van der Waals surface area contributed by atoms with Gasteiger partial charge in [-0.2, -0.15) is 0 Å². The van der Waals surface area contributed by atoms with E-state index >= 15 is 0 Å². The molecule has 1 aromatic carbocycles. The molecular formula is C11H17NOS. The van der Waals surface area contributed by atoms with Crippen molar-refractivity contribution in [1.82, 2.24) is 0 Å². The number of nitrogens with two attached hydrogens (primary N) is 1. The van der Waals surface area contributed by atoms with Gasteiger partial charge in [-0.1, -0.05) is 37.1 Å². The van der Waals surface area contributed by atoms with Gasteiger partial charge in [-0.15, -0.1) is 0 Å². The van der Waals surface area contributed by atoms with Crippen LogP contribution in [0.25, 0.3) is 0 Å². The molecule has 0 radical (unpaired) electrons. The van der Waals surface area contributed by atoms with Crippen molar-refractivity contribution in [2.24, 2.45) is 5.14 Å². The third-order valence-electron chi connectivity index (χ3n) is 2.09. The summed E-state index contributed by atoms with van der Waals surface area (Å²) in [6.45, 7) is 3.46. The lowest BCUT2D eigenvalue weighted by atomic mass is 9.97. The van der Waals surface area contributed by atoms with Crippen LogP contribution in [0.3, 0.4) is 0 Å². The van der Waals surface area contributed by atoms with E-state index in [2.05, 4.69) is 0 Å². The molecule has 1 aromatic rings. The van der Waals surface area contributed by atoms with Crippen LogP contribution in [0.15, 0.2) is 30.2 Å². The predicted molar refractivity (Wildman–Crippen MR) is 61.3 cm³/mol. The van der Waals surface area contributed by atoms with Gasteiger partial charge >= 0.3 is 0 Å². The Hall–Kier alpha value is -0.670. The first-order valence-electron chi connectivity index (χ1n) is 6.90. The van der Waals surface area contributed by atoms with Gasteiger partial charge in [0.25, 0.3) is 0 Å². The van der Waals surface area contributed by atoms with Crippen LogP contribution in [0.5, 0.6) is 0 Å². The second kappa shape index (κ2) is 5.27. The molecule has 2 N–H and O–H groups in total. The van der Waals surface area contributed by atoms with Gasteiger partial charge in [0.2, 0.25) is 0 Å². The minimum Gasteiger partial charge on any atom is -0.252 e. The SMILES string of the molecule is [2H]c1c([2H])c([2H])c([C@@H](C)CC(C)S(N)=O)c([2H])c1[2H]. The maximum Gasteiger partial charge on any atom is 0.0917 e. The van der Waals surface area contributed by atoms with Crippen LogP contribution >= 0.6 is 0 Å². The van der Waals surface area contributed by atoms with Gasteiger partial charge in [-0.25, -0.2) is 4.21 Å². The molecule has 3 atom stereocenters. The molecule has 0 fully saturated rings. The molecule has 2 unspecified atom stereocenters. The predicted octanol–water partition coefficient (Wildman–Crippen LogP) is 2.19. The average Bonchev–Trinajstić information content (AvgIpc) is 2.34. The van der Waals surface area contributed by atoms with Crippen LogP contribution < -0.4 is 5.14 Å². The lowest BCUT2D eigenvalue weighted by molar-refractivity contribution is 0.635. The fourth-order valence-corrected chi connectivity index (χ4v) is 1.70. The first-order chi connectivity index (χ1) is 8.68. The van der Waals surface area contributed by atoms with E-state index in [9.17, 15) is 4.21 Å². The summed E-state index contributed by atoms with van der Waals surface area (Å²) in [6, 6.07) is -1.49. The highest BCUT2D eigenvalue weighted by atomic mass is 32.2. The highest BCUT2D eigenvalue weighted by molar-refractivity contribution is 7.83. The van der Waals surface area contributed by atoms with Crippen molar-refractivity contribution in [1.29, 1.82) is 0 Å². The summed E-state index contributed by atoms with van der Waals surface area (Å²) in [6.07, 6.45) is 0.400. The quantitative estimate of drug-likeness (QED) is 0.823. The van der Waals surface area contributed by atoms with E-state index in [1.165, 1.54) is 0 Å². The van der Waals surface area contributed by atoms with Crippen molar-refractivity contribution < 1.29 is 11.1 Å². The lowest BCUT2D eigenvalue weighted by Crippen LogP contribution is -2.20. The molecule has 0 aromatic heterocycles. The topological polar surface area (TPSA) is 43.1 Å². The monoisotopic (exact) mass is 216 g/mol. The summed E-state index contributed by atoms with van der Waals surface area (Å²) in [5.74, 6) is -0.309. The normalized spacial score (nSPS) is 22.4. The van der Waals surface area contributed by atoms with Gasteiger partial charge in [-0.05, 0) is 24.8 Å². The second-order valence-electron chi connectivity index (χ2n) is 3.31. The van der Waals surface area contributed by atoms with Crippen LogP contribution in [0.2, 0.25) is 0 Å². The summed E-state index contributed by atoms with van der Waals surface area (Å²) < 4.78 is 49.6. The first kappa shape index (κ1) is 6.03. The highest BCUT2D eigenvalue weighted by Gasteiger charge is 2.13. The van der Waals surface area contributed by atoms with Gasteiger partial charge in [-0.3, -0.25) is 5.14 Å². The molecule has 0 bridgehead atoms. The molecule has 0 aliphatic heterocycles. The summed E-state index contributed by atoms with van der Waals surface area (Å²) >= 11 is 0. The third-order valence-corrected chi connectivity index (χ3v) is 3.08. The van der Waals surface area contributed by atoms with E-state index in [-0.39, 0.29) is 40.9 Å². The standard InChI is InChI=1S/C11H17NOS/c1-9(8-10(2)14(12)13)11-6-4-3-5-7-11/h3-7,9-10H,8,12H2,1-2H3/t9-,10?,14?/m0/s1/i3D,4D,5D,6D,7D. The second-order valence-corrected chi connectivity index (χ2v) is 4.78. The molecule has 0 aliphatic carbocycles. The van der Waals surface area contributed by atoms with Crippen molar-refractivity contribution in [2.45, 2.75) is 31.4 Å². The Kier molecular flexibility index (Phi) is 2.27. The van der Waals surface area contributed by atoms with Gasteiger partial charge in [0.1, 0.15) is 0 Å². The van der Waals surface area contributed by atoms with E-state index < -0.39 is 17.0 Å². The molecule has 0 heterocycles. The number of rotatable bonds is 4. The van der Waals surface area contributed by atoms with Gasteiger partial charge in [0, 0.05) is 5.25 Å². The molecule has 3 heteroatoms. The van der Waals surface area contributed by atoms with Crippen molar-refractivity contribution in [3.05, 3.63) is 35.8 Å². The maximum atomic E-state index is 11.2. The van der Waals surface area contributed by atoms with Crippen LogP contribution in [0.1, 0.15) is 38.6 Å². The van der Waals surface area contributed by atoms with Crippen LogP contribution in [0.4, 0.5) is 0 Å². The number of hydrogen-bond acceptors (Lipinski definition) is 1. The molecule has 0 saturated heterocycles. The summed E-state index contributed by atoms with van der Waals surface area (Å²) in [4.78, 5) is 0. The average molecular weight is 216 g/mol. The van der Waals surface area contributed by atoms with E-state index in [1.54, 1.807) is 13.8 Å². The van der Waals surface area contributed by atoms with Crippen molar-refractivity contribution in [3.8, 4) is 0 Å². The zero-order valence-corrected chi connectivity index (χ0v) is 9.07. The zero-order chi connectivity index (χ0) is 14.9. The fraction of sp³-hybridized carbons (Fsp3) is 0.455. The Morgan fingerprint density at radius 3 is 2.50 bits per heavy atom. The van der Waals surface area contributed by atoms with Gasteiger partial charge < -0.3 is 0 Å². The highest BCUT2D eigenvalue weighted by Crippen LogP contribution is 2.21. The van der Waals surface area contributed by atoms with Crippen LogP contribution in [0, 0.1) is 0 Å². The number of benzene rings is 1. The smallest absolute Gasteiger partial charge is 0.0917 e. The molecule has 14 heavy (non-hydrogen) atoms.